The van der Waals surface area contributed by atoms with Gasteiger partial charge in [0.05, 0.1) is 0 Å². The van der Waals surface area contributed by atoms with Crippen molar-refractivity contribution in [3.05, 3.63) is 12.2 Å². The molecular formula is C14H22O5S. The highest BCUT2D eigenvalue weighted by atomic mass is 32.2. The molecule has 0 aromatic carbocycles. The highest BCUT2D eigenvalue weighted by Gasteiger charge is 2.30. The monoisotopic (exact) mass is 302 g/mol. The molecule has 1 aliphatic heterocycles. The van der Waals surface area contributed by atoms with E-state index >= 15 is 0 Å². The Hall–Kier alpha value is -1.01. The molecule has 20 heavy (non-hydrogen) atoms. The molecule has 114 valence electrons. The van der Waals surface area contributed by atoms with E-state index in [1.165, 1.54) is 13.8 Å². The summed E-state index contributed by atoms with van der Waals surface area (Å²) in [6.45, 7) is 4.91. The second-order valence-electron chi connectivity index (χ2n) is 4.53. The molecule has 1 aliphatic rings. The Morgan fingerprint density at radius 2 is 2.00 bits per heavy atom. The smallest absolute Gasteiger partial charge is 0.303 e. The molecule has 0 unspecified atom stereocenters. The van der Waals surface area contributed by atoms with Crippen LogP contribution in [0.3, 0.4) is 0 Å². The first-order chi connectivity index (χ1) is 9.52. The van der Waals surface area contributed by atoms with Gasteiger partial charge in [-0.2, -0.15) is 0 Å². The van der Waals surface area contributed by atoms with E-state index in [1.54, 1.807) is 11.8 Å². The average Bonchev–Trinajstić information content (AvgIpc) is 2.38. The highest BCUT2D eigenvalue weighted by molar-refractivity contribution is 7.99. The first-order valence-corrected chi connectivity index (χ1v) is 7.83. The molecule has 0 bridgehead atoms. The first-order valence-electron chi connectivity index (χ1n) is 6.79. The van der Waals surface area contributed by atoms with Crippen molar-refractivity contribution in [3.63, 3.8) is 0 Å². The molecule has 0 N–H and O–H groups in total. The number of carbonyl (C=O) groups is 2. The topological polar surface area (TPSA) is 61.8 Å². The van der Waals surface area contributed by atoms with Gasteiger partial charge in [0.15, 0.2) is 0 Å². The number of hydrogen-bond donors (Lipinski definition) is 0. The number of unbranched alkanes of at least 4 members (excludes halogenated alkanes) is 1. The molecule has 6 heteroatoms. The number of carbonyl (C=O) groups excluding carboxylic acids is 2. The average molecular weight is 302 g/mol. The van der Waals surface area contributed by atoms with Crippen molar-refractivity contribution in [2.24, 2.45) is 0 Å². The Bertz CT molecular complexity index is 355. The van der Waals surface area contributed by atoms with Crippen molar-refractivity contribution in [1.82, 2.24) is 0 Å². The lowest BCUT2D eigenvalue weighted by molar-refractivity contribution is -0.160. The third-order valence-corrected chi connectivity index (χ3v) is 3.79. The predicted molar refractivity (Wildman–Crippen MR) is 77.4 cm³/mol. The standard InChI is InChI=1S/C14H22O5S/c1-4-5-8-20-14-7-6-12(18-11(3)16)13(19-14)9-17-10(2)15/h6-7,12-14H,4-5,8-9H2,1-3H3/t12-,13+,14+/m0/s1. The fraction of sp³-hybridized carbons (Fsp3) is 0.714. The largest absolute Gasteiger partial charge is 0.463 e. The van der Waals surface area contributed by atoms with Crippen LogP contribution in [0.15, 0.2) is 12.2 Å². The summed E-state index contributed by atoms with van der Waals surface area (Å²) in [5, 5.41) is 0. The number of ether oxygens (including phenoxy) is 3. The van der Waals surface area contributed by atoms with Crippen LogP contribution in [0.1, 0.15) is 33.6 Å². The second-order valence-corrected chi connectivity index (χ2v) is 5.74. The number of thioether (sulfide) groups is 1. The zero-order valence-corrected chi connectivity index (χ0v) is 13.0. The maximum absolute atomic E-state index is 11.1. The van der Waals surface area contributed by atoms with Crippen LogP contribution < -0.4 is 0 Å². The minimum absolute atomic E-state index is 0.0858. The molecule has 1 rings (SSSR count). The zero-order chi connectivity index (χ0) is 15.0. The van der Waals surface area contributed by atoms with Crippen LogP contribution in [0.4, 0.5) is 0 Å². The van der Waals surface area contributed by atoms with Gasteiger partial charge in [0, 0.05) is 13.8 Å². The minimum atomic E-state index is -0.505. The van der Waals surface area contributed by atoms with Gasteiger partial charge >= 0.3 is 11.9 Å². The Labute approximate surface area is 124 Å². The Morgan fingerprint density at radius 1 is 1.25 bits per heavy atom. The van der Waals surface area contributed by atoms with Crippen LogP contribution in [0.2, 0.25) is 0 Å². The van der Waals surface area contributed by atoms with E-state index in [4.69, 9.17) is 14.2 Å². The first kappa shape index (κ1) is 17.0. The van der Waals surface area contributed by atoms with Crippen LogP contribution in [-0.2, 0) is 23.8 Å². The lowest BCUT2D eigenvalue weighted by atomic mass is 10.1. The van der Waals surface area contributed by atoms with Crippen LogP contribution >= 0.6 is 11.8 Å². The third-order valence-electron chi connectivity index (χ3n) is 2.67. The van der Waals surface area contributed by atoms with Gasteiger partial charge in [-0.05, 0) is 24.3 Å². The summed E-state index contributed by atoms with van der Waals surface area (Å²) in [7, 11) is 0. The summed E-state index contributed by atoms with van der Waals surface area (Å²) in [5.41, 5.74) is -0.0890. The van der Waals surface area contributed by atoms with E-state index in [9.17, 15) is 9.59 Å². The minimum Gasteiger partial charge on any atom is -0.463 e. The van der Waals surface area contributed by atoms with Crippen molar-refractivity contribution in [1.29, 1.82) is 0 Å². The van der Waals surface area contributed by atoms with Gasteiger partial charge in [-0.1, -0.05) is 13.3 Å². The SMILES string of the molecule is CCCCS[C@@H]1C=C[C@H](OC(C)=O)[C@@H](COC(C)=O)O1. The number of hydrogen-bond acceptors (Lipinski definition) is 6. The molecule has 0 amide bonds. The van der Waals surface area contributed by atoms with Crippen molar-refractivity contribution in [2.75, 3.05) is 12.4 Å². The number of esters is 2. The molecule has 0 aliphatic carbocycles. The van der Waals surface area contributed by atoms with Crippen molar-refractivity contribution in [2.45, 2.75) is 51.3 Å². The maximum Gasteiger partial charge on any atom is 0.303 e. The van der Waals surface area contributed by atoms with Gasteiger partial charge in [0.2, 0.25) is 0 Å². The van der Waals surface area contributed by atoms with Crippen molar-refractivity contribution < 1.29 is 23.8 Å². The van der Waals surface area contributed by atoms with Gasteiger partial charge in [-0.15, -0.1) is 11.8 Å². The third kappa shape index (κ3) is 6.43. The lowest BCUT2D eigenvalue weighted by Crippen LogP contribution is -2.40. The molecular weight excluding hydrogens is 280 g/mol. The van der Waals surface area contributed by atoms with Crippen molar-refractivity contribution >= 4 is 23.7 Å². The fourth-order valence-corrected chi connectivity index (χ4v) is 2.81. The van der Waals surface area contributed by atoms with Crippen LogP contribution in [-0.4, -0.2) is 41.9 Å². The van der Waals surface area contributed by atoms with Gasteiger partial charge in [0.25, 0.3) is 0 Å². The van der Waals surface area contributed by atoms with E-state index in [0.29, 0.717) is 0 Å². The molecule has 0 aromatic heterocycles. The quantitative estimate of drug-likeness (QED) is 0.408. The van der Waals surface area contributed by atoms with Gasteiger partial charge < -0.3 is 14.2 Å². The molecule has 0 radical (unpaired) electrons. The zero-order valence-electron chi connectivity index (χ0n) is 12.2. The van der Waals surface area contributed by atoms with Crippen LogP contribution in [0.25, 0.3) is 0 Å². The molecule has 0 aromatic rings. The highest BCUT2D eigenvalue weighted by Crippen LogP contribution is 2.25. The lowest BCUT2D eigenvalue weighted by Gasteiger charge is -2.31. The van der Waals surface area contributed by atoms with Gasteiger partial charge in [-0.25, -0.2) is 0 Å². The van der Waals surface area contributed by atoms with E-state index in [-0.39, 0.29) is 24.0 Å². The van der Waals surface area contributed by atoms with E-state index in [2.05, 4.69) is 6.92 Å². The van der Waals surface area contributed by atoms with E-state index < -0.39 is 12.2 Å². The summed E-state index contributed by atoms with van der Waals surface area (Å²) >= 11 is 1.69. The summed E-state index contributed by atoms with van der Waals surface area (Å²) in [4.78, 5) is 22.0. The normalized spacial score (nSPS) is 25.2. The summed E-state index contributed by atoms with van der Waals surface area (Å²) < 4.78 is 15.9. The van der Waals surface area contributed by atoms with Crippen molar-refractivity contribution in [3.8, 4) is 0 Å². The predicted octanol–water partition coefficient (Wildman–Crippen LogP) is 2.30. The molecule has 0 spiro atoms. The summed E-state index contributed by atoms with van der Waals surface area (Å²) in [6.07, 6.45) is 5.00. The van der Waals surface area contributed by atoms with E-state index in [1.807, 2.05) is 12.2 Å². The Morgan fingerprint density at radius 3 is 2.60 bits per heavy atom. The Balaban J connectivity index is 2.56. The summed E-state index contributed by atoms with van der Waals surface area (Å²) in [6, 6.07) is 0. The van der Waals surface area contributed by atoms with Gasteiger partial charge in [0.1, 0.15) is 24.3 Å². The molecule has 0 saturated carbocycles. The van der Waals surface area contributed by atoms with Crippen LogP contribution in [0, 0.1) is 0 Å². The van der Waals surface area contributed by atoms with E-state index in [0.717, 1.165) is 18.6 Å². The van der Waals surface area contributed by atoms with Gasteiger partial charge in [-0.3, -0.25) is 9.59 Å². The molecule has 0 saturated heterocycles. The maximum atomic E-state index is 11.1. The molecule has 5 nitrogen and oxygen atoms in total. The molecule has 0 fully saturated rings. The molecule has 1 heterocycles. The fourth-order valence-electron chi connectivity index (χ4n) is 1.70. The van der Waals surface area contributed by atoms with Crippen LogP contribution in [0.5, 0.6) is 0 Å². The molecule has 3 atom stereocenters. The summed E-state index contributed by atoms with van der Waals surface area (Å²) in [5.74, 6) is 0.248. The Kier molecular flexibility index (Phi) is 7.69. The second kappa shape index (κ2) is 9.02. The number of rotatable bonds is 7.